The maximum atomic E-state index is 11.5. The summed E-state index contributed by atoms with van der Waals surface area (Å²) >= 11 is 0. The van der Waals surface area contributed by atoms with Gasteiger partial charge in [0.25, 0.3) is 0 Å². The fraction of sp³-hybridized carbons (Fsp3) is 0.727. The number of allylic oxidation sites excluding steroid dienone is 2. The first-order valence-corrected chi connectivity index (χ1v) is 5.28. The van der Waals surface area contributed by atoms with E-state index in [1.165, 1.54) is 5.57 Å². The van der Waals surface area contributed by atoms with Crippen LogP contribution in [0, 0.1) is 0 Å². The molecule has 0 amide bonds. The predicted octanol–water partition coefficient (Wildman–Crippen LogP) is 2.40. The van der Waals surface area contributed by atoms with Crippen molar-refractivity contribution in [2.45, 2.75) is 46.0 Å². The summed E-state index contributed by atoms with van der Waals surface area (Å²) in [4.78, 5) is 11.5. The summed E-state index contributed by atoms with van der Waals surface area (Å²) in [6, 6.07) is 0. The molecule has 1 N–H and O–H groups in total. The number of nitrogens with one attached hydrogen (secondary N) is 1. The van der Waals surface area contributed by atoms with E-state index < -0.39 is 0 Å². The molecule has 0 saturated carbocycles. The Bertz CT molecular complexity index is 218. The molecule has 0 spiro atoms. The molecule has 1 aliphatic carbocycles. The van der Waals surface area contributed by atoms with Gasteiger partial charge in [-0.1, -0.05) is 13.8 Å². The van der Waals surface area contributed by atoms with E-state index in [2.05, 4.69) is 19.2 Å². The van der Waals surface area contributed by atoms with Crippen LogP contribution >= 0.6 is 0 Å². The van der Waals surface area contributed by atoms with E-state index in [0.29, 0.717) is 5.78 Å². The molecule has 1 aliphatic rings. The lowest BCUT2D eigenvalue weighted by molar-refractivity contribution is -0.116. The van der Waals surface area contributed by atoms with E-state index in [0.717, 1.165) is 44.3 Å². The zero-order chi connectivity index (χ0) is 9.68. The lowest BCUT2D eigenvalue weighted by Crippen LogP contribution is -2.25. The summed E-state index contributed by atoms with van der Waals surface area (Å²) < 4.78 is 0. The Hall–Kier alpha value is -0.790. The molecule has 0 aromatic rings. The summed E-state index contributed by atoms with van der Waals surface area (Å²) in [5, 5.41) is 3.25. The van der Waals surface area contributed by atoms with E-state index in [1.807, 2.05) is 0 Å². The molecule has 0 heterocycles. The fourth-order valence-corrected chi connectivity index (χ4v) is 1.74. The third kappa shape index (κ3) is 2.58. The Balaban J connectivity index is 2.69. The first-order chi connectivity index (χ1) is 6.29. The molecule has 0 aliphatic heterocycles. The van der Waals surface area contributed by atoms with Crippen LogP contribution in [-0.2, 0) is 4.79 Å². The van der Waals surface area contributed by atoms with Crippen molar-refractivity contribution in [1.82, 2.24) is 5.32 Å². The zero-order valence-corrected chi connectivity index (χ0v) is 8.65. The minimum Gasteiger partial charge on any atom is -0.382 e. The van der Waals surface area contributed by atoms with Crippen LogP contribution in [0.4, 0.5) is 0 Å². The maximum Gasteiger partial charge on any atom is 0.178 e. The fourth-order valence-electron chi connectivity index (χ4n) is 1.74. The van der Waals surface area contributed by atoms with Gasteiger partial charge in [-0.3, -0.25) is 4.79 Å². The molecule has 0 aromatic carbocycles. The van der Waals surface area contributed by atoms with Crippen LogP contribution in [0.25, 0.3) is 0 Å². The van der Waals surface area contributed by atoms with Gasteiger partial charge in [0.2, 0.25) is 0 Å². The molecule has 0 bridgehead atoms. The minimum absolute atomic E-state index is 0.316. The van der Waals surface area contributed by atoms with Crippen LogP contribution < -0.4 is 5.32 Å². The summed E-state index contributed by atoms with van der Waals surface area (Å²) in [5.41, 5.74) is 2.25. The number of carbonyl (C=O) groups excluding carboxylic acids is 1. The zero-order valence-electron chi connectivity index (χ0n) is 8.65. The van der Waals surface area contributed by atoms with E-state index in [4.69, 9.17) is 0 Å². The van der Waals surface area contributed by atoms with Crippen molar-refractivity contribution in [3.05, 3.63) is 11.3 Å². The number of carbonyl (C=O) groups is 1. The van der Waals surface area contributed by atoms with Gasteiger partial charge in [0, 0.05) is 13.0 Å². The first-order valence-electron chi connectivity index (χ1n) is 5.28. The van der Waals surface area contributed by atoms with Gasteiger partial charge in [-0.2, -0.15) is 0 Å². The van der Waals surface area contributed by atoms with Crippen molar-refractivity contribution in [3.63, 3.8) is 0 Å². The molecule has 0 atom stereocenters. The van der Waals surface area contributed by atoms with Crippen LogP contribution in [-0.4, -0.2) is 12.3 Å². The Morgan fingerprint density at radius 1 is 1.31 bits per heavy atom. The monoisotopic (exact) mass is 181 g/mol. The number of rotatable bonds is 4. The molecule has 0 aromatic heterocycles. The van der Waals surface area contributed by atoms with E-state index in [9.17, 15) is 4.79 Å². The van der Waals surface area contributed by atoms with Crippen molar-refractivity contribution in [2.75, 3.05) is 6.54 Å². The van der Waals surface area contributed by atoms with Crippen molar-refractivity contribution >= 4 is 5.78 Å². The van der Waals surface area contributed by atoms with Gasteiger partial charge in [-0.25, -0.2) is 0 Å². The molecular formula is C11H19NO. The van der Waals surface area contributed by atoms with Crippen molar-refractivity contribution in [1.29, 1.82) is 0 Å². The second-order valence-electron chi connectivity index (χ2n) is 3.54. The highest BCUT2D eigenvalue weighted by Gasteiger charge is 2.18. The van der Waals surface area contributed by atoms with Gasteiger partial charge in [0.1, 0.15) is 0 Å². The molecule has 74 valence electrons. The summed E-state index contributed by atoms with van der Waals surface area (Å²) in [7, 11) is 0. The van der Waals surface area contributed by atoms with Gasteiger partial charge in [-0.15, -0.1) is 0 Å². The van der Waals surface area contributed by atoms with Gasteiger partial charge in [0.15, 0.2) is 5.78 Å². The molecule has 0 saturated heterocycles. The van der Waals surface area contributed by atoms with Crippen LogP contribution in [0.1, 0.15) is 46.0 Å². The first kappa shape index (κ1) is 10.3. The van der Waals surface area contributed by atoms with Gasteiger partial charge in [-0.05, 0) is 31.3 Å². The number of hydrogen-bond acceptors (Lipinski definition) is 2. The normalized spacial score (nSPS) is 17.8. The Kier molecular flexibility index (Phi) is 4.00. The summed E-state index contributed by atoms with van der Waals surface area (Å²) in [5.74, 6) is 0.316. The van der Waals surface area contributed by atoms with Crippen molar-refractivity contribution < 1.29 is 4.79 Å². The molecule has 13 heavy (non-hydrogen) atoms. The van der Waals surface area contributed by atoms with Gasteiger partial charge >= 0.3 is 0 Å². The molecule has 2 nitrogen and oxygen atoms in total. The van der Waals surface area contributed by atoms with Crippen LogP contribution in [0.2, 0.25) is 0 Å². The smallest absolute Gasteiger partial charge is 0.178 e. The molecular weight excluding hydrogens is 162 g/mol. The highest BCUT2D eigenvalue weighted by atomic mass is 16.1. The van der Waals surface area contributed by atoms with Gasteiger partial charge in [0.05, 0.1) is 5.70 Å². The average Bonchev–Trinajstić information content (AvgIpc) is 2.15. The second kappa shape index (κ2) is 5.05. The Labute approximate surface area is 80.4 Å². The second-order valence-corrected chi connectivity index (χ2v) is 3.54. The summed E-state index contributed by atoms with van der Waals surface area (Å²) in [6.07, 6.45) is 4.97. The SMILES string of the molecule is CCCNC1=C(CC)CCCC1=O. The van der Waals surface area contributed by atoms with Gasteiger partial charge < -0.3 is 5.32 Å². The van der Waals surface area contributed by atoms with E-state index in [-0.39, 0.29) is 0 Å². The lowest BCUT2D eigenvalue weighted by atomic mass is 9.93. The number of ketones is 1. The molecule has 0 radical (unpaired) electrons. The molecule has 0 unspecified atom stereocenters. The minimum atomic E-state index is 0.316. The molecule has 2 heteroatoms. The quantitative estimate of drug-likeness (QED) is 0.721. The Morgan fingerprint density at radius 3 is 2.69 bits per heavy atom. The van der Waals surface area contributed by atoms with Crippen LogP contribution in [0.15, 0.2) is 11.3 Å². The third-order valence-corrected chi connectivity index (χ3v) is 2.49. The van der Waals surface area contributed by atoms with Crippen molar-refractivity contribution in [2.24, 2.45) is 0 Å². The topological polar surface area (TPSA) is 29.1 Å². The average molecular weight is 181 g/mol. The molecule has 1 rings (SSSR count). The number of hydrogen-bond donors (Lipinski definition) is 1. The van der Waals surface area contributed by atoms with Crippen LogP contribution in [0.3, 0.4) is 0 Å². The third-order valence-electron chi connectivity index (χ3n) is 2.49. The Morgan fingerprint density at radius 2 is 2.08 bits per heavy atom. The van der Waals surface area contributed by atoms with E-state index in [1.54, 1.807) is 0 Å². The lowest BCUT2D eigenvalue weighted by Gasteiger charge is -2.19. The van der Waals surface area contributed by atoms with E-state index >= 15 is 0 Å². The largest absolute Gasteiger partial charge is 0.382 e. The standard InChI is InChI=1S/C11H19NO/c1-3-8-12-11-9(4-2)6-5-7-10(11)13/h12H,3-8H2,1-2H3. The summed E-state index contributed by atoms with van der Waals surface area (Å²) in [6.45, 7) is 5.17. The highest BCUT2D eigenvalue weighted by molar-refractivity contribution is 5.96. The predicted molar refractivity (Wildman–Crippen MR) is 54.5 cm³/mol. The highest BCUT2D eigenvalue weighted by Crippen LogP contribution is 2.22. The van der Waals surface area contributed by atoms with Crippen LogP contribution in [0.5, 0.6) is 0 Å². The molecule has 0 fully saturated rings. The maximum absolute atomic E-state index is 11.5. The number of Topliss-reactive ketones (excluding diaryl/α,β-unsaturated/α-hetero) is 1. The van der Waals surface area contributed by atoms with Crippen molar-refractivity contribution in [3.8, 4) is 0 Å².